The van der Waals surface area contributed by atoms with Crippen molar-refractivity contribution in [2.45, 2.75) is 0 Å². The SMILES string of the molecule is NC(=O)N1CC=CC=C1C=O. The average Bonchev–Trinajstić information content (AvgIpc) is 2.04. The van der Waals surface area contributed by atoms with Crippen LogP contribution in [-0.2, 0) is 4.79 Å². The van der Waals surface area contributed by atoms with E-state index in [9.17, 15) is 9.59 Å². The molecule has 0 radical (unpaired) electrons. The van der Waals surface area contributed by atoms with Crippen molar-refractivity contribution < 1.29 is 9.59 Å². The zero-order valence-electron chi connectivity index (χ0n) is 5.86. The number of primary amides is 1. The van der Waals surface area contributed by atoms with Crippen molar-refractivity contribution in [1.29, 1.82) is 0 Å². The molecule has 1 rings (SSSR count). The summed E-state index contributed by atoms with van der Waals surface area (Å²) in [4.78, 5) is 22.2. The smallest absolute Gasteiger partial charge is 0.319 e. The monoisotopic (exact) mass is 152 g/mol. The highest BCUT2D eigenvalue weighted by Crippen LogP contribution is 2.05. The van der Waals surface area contributed by atoms with Gasteiger partial charge in [-0.2, -0.15) is 0 Å². The van der Waals surface area contributed by atoms with Gasteiger partial charge in [-0.05, 0) is 6.08 Å². The fourth-order valence-electron chi connectivity index (χ4n) is 0.848. The molecular formula is C7H8N2O2. The van der Waals surface area contributed by atoms with Crippen molar-refractivity contribution in [3.05, 3.63) is 23.9 Å². The fourth-order valence-corrected chi connectivity index (χ4v) is 0.848. The van der Waals surface area contributed by atoms with Gasteiger partial charge in [-0.3, -0.25) is 9.69 Å². The number of hydrogen-bond donors (Lipinski definition) is 1. The van der Waals surface area contributed by atoms with Gasteiger partial charge in [0.05, 0.1) is 5.70 Å². The number of nitrogens with two attached hydrogens (primary N) is 1. The van der Waals surface area contributed by atoms with E-state index in [0.717, 1.165) is 0 Å². The maximum absolute atomic E-state index is 10.6. The normalized spacial score (nSPS) is 16.0. The minimum Gasteiger partial charge on any atom is -0.351 e. The molecule has 0 aliphatic carbocycles. The number of rotatable bonds is 1. The van der Waals surface area contributed by atoms with Crippen LogP contribution in [0.3, 0.4) is 0 Å². The zero-order chi connectivity index (χ0) is 8.27. The maximum atomic E-state index is 10.6. The Morgan fingerprint density at radius 2 is 2.45 bits per heavy atom. The Labute approximate surface area is 64.0 Å². The van der Waals surface area contributed by atoms with E-state index in [1.165, 1.54) is 4.90 Å². The Morgan fingerprint density at radius 1 is 1.73 bits per heavy atom. The number of aldehydes is 1. The van der Waals surface area contributed by atoms with E-state index in [-0.39, 0.29) is 0 Å². The largest absolute Gasteiger partial charge is 0.351 e. The zero-order valence-corrected chi connectivity index (χ0v) is 5.86. The van der Waals surface area contributed by atoms with E-state index in [0.29, 0.717) is 18.5 Å². The van der Waals surface area contributed by atoms with Gasteiger partial charge in [0.15, 0.2) is 6.29 Å². The molecule has 0 aromatic carbocycles. The van der Waals surface area contributed by atoms with E-state index in [2.05, 4.69) is 0 Å². The van der Waals surface area contributed by atoms with E-state index in [1.54, 1.807) is 18.2 Å². The third-order valence-corrected chi connectivity index (χ3v) is 1.39. The number of urea groups is 1. The summed E-state index contributed by atoms with van der Waals surface area (Å²) in [6.07, 6.45) is 5.61. The summed E-state index contributed by atoms with van der Waals surface area (Å²) in [5.74, 6) is 0. The van der Waals surface area contributed by atoms with E-state index < -0.39 is 6.03 Å². The van der Waals surface area contributed by atoms with Gasteiger partial charge in [0.2, 0.25) is 0 Å². The van der Waals surface area contributed by atoms with Gasteiger partial charge in [0.1, 0.15) is 0 Å². The third kappa shape index (κ3) is 1.46. The van der Waals surface area contributed by atoms with Crippen LogP contribution in [0.4, 0.5) is 4.79 Å². The lowest BCUT2D eigenvalue weighted by molar-refractivity contribution is -0.105. The van der Waals surface area contributed by atoms with E-state index >= 15 is 0 Å². The molecule has 1 aliphatic heterocycles. The van der Waals surface area contributed by atoms with Crippen LogP contribution < -0.4 is 5.73 Å². The molecule has 1 heterocycles. The Balaban J connectivity index is 2.83. The molecule has 0 bridgehead atoms. The molecule has 4 nitrogen and oxygen atoms in total. The third-order valence-electron chi connectivity index (χ3n) is 1.39. The van der Waals surface area contributed by atoms with Crippen molar-refractivity contribution in [3.8, 4) is 0 Å². The number of amides is 2. The van der Waals surface area contributed by atoms with Crippen LogP contribution in [0.2, 0.25) is 0 Å². The lowest BCUT2D eigenvalue weighted by Gasteiger charge is -2.19. The van der Waals surface area contributed by atoms with Crippen LogP contribution in [0.15, 0.2) is 23.9 Å². The Bertz CT molecular complexity index is 243. The van der Waals surface area contributed by atoms with E-state index in [1.807, 2.05) is 0 Å². The van der Waals surface area contributed by atoms with Crippen LogP contribution in [0, 0.1) is 0 Å². The summed E-state index contributed by atoms with van der Waals surface area (Å²) in [5.41, 5.74) is 5.29. The first kappa shape index (κ1) is 7.53. The second kappa shape index (κ2) is 3.01. The van der Waals surface area contributed by atoms with Gasteiger partial charge in [-0.25, -0.2) is 4.79 Å². The predicted octanol–water partition coefficient (Wildman–Crippen LogP) is 0.0197. The van der Waals surface area contributed by atoms with Crippen LogP contribution in [0.25, 0.3) is 0 Å². The van der Waals surface area contributed by atoms with Crippen molar-refractivity contribution in [2.75, 3.05) is 6.54 Å². The number of nitrogens with zero attached hydrogens (tertiary/aromatic N) is 1. The maximum Gasteiger partial charge on any atom is 0.319 e. The molecule has 0 spiro atoms. The first-order valence-corrected chi connectivity index (χ1v) is 3.14. The highest BCUT2D eigenvalue weighted by Gasteiger charge is 2.13. The molecule has 0 fully saturated rings. The molecule has 2 amide bonds. The van der Waals surface area contributed by atoms with Crippen molar-refractivity contribution in [3.63, 3.8) is 0 Å². The Kier molecular flexibility index (Phi) is 2.06. The molecule has 0 aromatic rings. The molecule has 0 saturated carbocycles. The summed E-state index contributed by atoms with van der Waals surface area (Å²) >= 11 is 0. The molecule has 58 valence electrons. The molecule has 0 atom stereocenters. The number of carbonyl (C=O) groups excluding carboxylic acids is 2. The van der Waals surface area contributed by atoms with Gasteiger partial charge < -0.3 is 5.73 Å². The van der Waals surface area contributed by atoms with Crippen molar-refractivity contribution in [1.82, 2.24) is 4.90 Å². The lowest BCUT2D eigenvalue weighted by Crippen LogP contribution is -2.36. The topological polar surface area (TPSA) is 63.4 Å². The fraction of sp³-hybridized carbons (Fsp3) is 0.143. The summed E-state index contributed by atoms with van der Waals surface area (Å²) in [6.45, 7) is 0.375. The van der Waals surface area contributed by atoms with Crippen LogP contribution in [-0.4, -0.2) is 23.8 Å². The molecule has 0 saturated heterocycles. The summed E-state index contributed by atoms with van der Waals surface area (Å²) in [5, 5.41) is 0. The second-order valence-electron chi connectivity index (χ2n) is 2.09. The first-order valence-electron chi connectivity index (χ1n) is 3.14. The van der Waals surface area contributed by atoms with Crippen LogP contribution in [0.1, 0.15) is 0 Å². The molecule has 2 N–H and O–H groups in total. The Morgan fingerprint density at radius 3 is 2.91 bits per heavy atom. The van der Waals surface area contributed by atoms with Gasteiger partial charge in [0.25, 0.3) is 0 Å². The number of hydrogen-bond acceptors (Lipinski definition) is 2. The summed E-state index contributed by atoms with van der Waals surface area (Å²) in [6, 6.07) is -0.604. The molecule has 0 unspecified atom stereocenters. The minimum absolute atomic E-state index is 0.306. The summed E-state index contributed by atoms with van der Waals surface area (Å²) in [7, 11) is 0. The molecule has 4 heteroatoms. The minimum atomic E-state index is -0.604. The van der Waals surface area contributed by atoms with Crippen molar-refractivity contribution in [2.24, 2.45) is 5.73 Å². The molecule has 0 aromatic heterocycles. The standard InChI is InChI=1S/C7H8N2O2/c8-7(11)9-4-2-1-3-6(9)5-10/h1-3,5H,4H2,(H2,8,11). The molecule has 1 aliphatic rings. The quantitative estimate of drug-likeness (QED) is 0.538. The van der Waals surface area contributed by atoms with Gasteiger partial charge in [0, 0.05) is 6.54 Å². The average molecular weight is 152 g/mol. The van der Waals surface area contributed by atoms with Gasteiger partial charge in [-0.1, -0.05) is 12.2 Å². The highest BCUT2D eigenvalue weighted by atomic mass is 16.2. The van der Waals surface area contributed by atoms with Crippen LogP contribution in [0.5, 0.6) is 0 Å². The van der Waals surface area contributed by atoms with E-state index in [4.69, 9.17) is 5.73 Å². The van der Waals surface area contributed by atoms with Gasteiger partial charge >= 0.3 is 6.03 Å². The van der Waals surface area contributed by atoms with Crippen LogP contribution >= 0.6 is 0 Å². The lowest BCUT2D eigenvalue weighted by atomic mass is 10.3. The predicted molar refractivity (Wildman–Crippen MR) is 39.6 cm³/mol. The summed E-state index contributed by atoms with van der Waals surface area (Å²) < 4.78 is 0. The Hall–Kier alpha value is -1.58. The second-order valence-corrected chi connectivity index (χ2v) is 2.09. The number of allylic oxidation sites excluding steroid dienone is 3. The van der Waals surface area contributed by atoms with Gasteiger partial charge in [-0.15, -0.1) is 0 Å². The molecule has 11 heavy (non-hydrogen) atoms. The van der Waals surface area contributed by atoms with Crippen molar-refractivity contribution >= 4 is 12.3 Å². The molecular weight excluding hydrogens is 144 g/mol. The number of carbonyl (C=O) groups is 2. The first-order chi connectivity index (χ1) is 5.25. The highest BCUT2D eigenvalue weighted by molar-refractivity contribution is 5.84.